The number of benzene rings is 6. The van der Waals surface area contributed by atoms with E-state index in [0.717, 1.165) is 123 Å². The molecule has 0 aliphatic heterocycles. The van der Waals surface area contributed by atoms with Crippen molar-refractivity contribution in [2.75, 3.05) is 172 Å². The fourth-order valence-electron chi connectivity index (χ4n) is 9.92. The first kappa shape index (κ1) is 105. The van der Waals surface area contributed by atoms with Crippen LogP contribution in [0.4, 0.5) is 34.1 Å². The van der Waals surface area contributed by atoms with Gasteiger partial charge < -0.3 is 72.0 Å². The fraction of sp³-hybridized carbons (Fsp3) is 0.426. The Morgan fingerprint density at radius 3 is 0.852 bits per heavy atom. The molecule has 0 fully saturated rings. The van der Waals surface area contributed by atoms with Gasteiger partial charge in [-0.25, -0.2) is 28.8 Å². The van der Waals surface area contributed by atoms with Crippen molar-refractivity contribution in [1.29, 1.82) is 0 Å². The highest BCUT2D eigenvalue weighted by Gasteiger charge is 2.11. The van der Waals surface area contributed by atoms with Gasteiger partial charge in [-0.05, 0) is 162 Å². The number of esters is 6. The smallest absolute Gasteiger partial charge is 0.384 e. The van der Waals surface area contributed by atoms with Crippen molar-refractivity contribution in [1.82, 2.24) is 0 Å². The first-order valence-electron chi connectivity index (χ1n) is 37.8. The molecule has 6 rings (SSSR count). The number of methoxy groups -OCH3 is 9. The summed E-state index contributed by atoms with van der Waals surface area (Å²) in [6.45, 7) is 25.2. The number of ether oxygens (including phenoxy) is 9. The summed E-state index contributed by atoms with van der Waals surface area (Å²) in [4.78, 5) is 78.5. The lowest BCUT2D eigenvalue weighted by molar-refractivity contribution is -0.134. The van der Waals surface area contributed by atoms with Crippen molar-refractivity contribution >= 4 is 69.9 Å². The van der Waals surface area contributed by atoms with Crippen molar-refractivity contribution < 1.29 is 71.4 Å². The monoisotopic (exact) mass is 1580 g/mol. The molecule has 0 amide bonds. The van der Waals surface area contributed by atoms with Crippen molar-refractivity contribution in [3.63, 3.8) is 0 Å². The molecule has 115 heavy (non-hydrogen) atoms. The lowest BCUT2D eigenvalue weighted by Gasteiger charge is -2.22. The Kier molecular flexibility index (Phi) is 61.4. The number of hydrogen-bond donors (Lipinski definition) is 0. The van der Waals surface area contributed by atoms with Crippen LogP contribution in [-0.4, -0.2) is 178 Å². The minimum atomic E-state index is -0.513. The number of aryl methyl sites for hydroxylation is 2. The third-order valence-electron chi connectivity index (χ3n) is 16.1. The Bertz CT molecular complexity index is 4090. The Balaban J connectivity index is 0. The Labute approximate surface area is 688 Å². The zero-order valence-electron chi connectivity index (χ0n) is 69.6. The fourth-order valence-corrected chi connectivity index (χ4v) is 9.92. The van der Waals surface area contributed by atoms with Crippen LogP contribution in [0.15, 0.2) is 152 Å². The van der Waals surface area contributed by atoms with Crippen LogP contribution in [-0.2, 0) is 57.2 Å². The van der Waals surface area contributed by atoms with Crippen LogP contribution in [0.1, 0.15) is 125 Å². The van der Waals surface area contributed by atoms with Crippen LogP contribution >= 0.6 is 0 Å². The Morgan fingerprint density at radius 1 is 0.270 bits per heavy atom. The highest BCUT2D eigenvalue weighted by Crippen LogP contribution is 2.24. The van der Waals surface area contributed by atoms with Gasteiger partial charge >= 0.3 is 35.8 Å². The lowest BCUT2D eigenvalue weighted by Crippen LogP contribution is -2.25. The number of hydrogen-bond acceptors (Lipinski definition) is 21. The number of nitrogens with zero attached hydrogens (tertiary/aromatic N) is 6. The zero-order valence-corrected chi connectivity index (χ0v) is 69.6. The van der Waals surface area contributed by atoms with Gasteiger partial charge in [0, 0.05) is 115 Å². The molecule has 6 aromatic rings. The minimum absolute atomic E-state index is 0. The molecule has 0 saturated heterocycles. The second-order valence-electron chi connectivity index (χ2n) is 24.4. The van der Waals surface area contributed by atoms with E-state index in [1.54, 1.807) is 21.3 Å². The molecule has 0 saturated carbocycles. The zero-order chi connectivity index (χ0) is 83.7. The molecule has 0 radical (unpaired) electrons. The van der Waals surface area contributed by atoms with Gasteiger partial charge in [-0.1, -0.05) is 159 Å². The topological polar surface area (TPSA) is 205 Å². The third-order valence-corrected chi connectivity index (χ3v) is 16.1. The van der Waals surface area contributed by atoms with Crippen molar-refractivity contribution in [3.8, 4) is 88.3 Å². The van der Waals surface area contributed by atoms with Crippen LogP contribution < -0.4 is 43.6 Å². The van der Waals surface area contributed by atoms with Crippen molar-refractivity contribution in [2.24, 2.45) is 0 Å². The predicted molar refractivity (Wildman–Crippen MR) is 469 cm³/mol. The van der Waals surface area contributed by atoms with Crippen molar-refractivity contribution in [3.05, 3.63) is 163 Å². The number of carbonyl (C=O) groups is 6. The molecule has 0 aliphatic rings. The van der Waals surface area contributed by atoms with Gasteiger partial charge in [0.05, 0.1) is 103 Å². The van der Waals surface area contributed by atoms with Crippen LogP contribution in [0.3, 0.4) is 0 Å². The SMILES string of the molecule is C.C.CCCCCN(CC#CC(=O)OC)c1cccc(OC)c1.CCCCCN(CC#CC(=O)OC)c1ccccc1.CCCCN(CC#CC(=O)OC)c1cccc(C)c1.CCCN(CC#CC(=O)OC)c1ccc(OC)cc1.CCN(CC#CC(=O)OC)c1ccc(OC)cc1.CCN(CC#CC(=O)OC)c1cccc(C)c1. The van der Waals surface area contributed by atoms with E-state index in [4.69, 9.17) is 14.2 Å². The first-order chi connectivity index (χ1) is 54.7. The number of para-hydroxylation sites is 1. The van der Waals surface area contributed by atoms with E-state index >= 15 is 0 Å². The van der Waals surface area contributed by atoms with E-state index in [2.05, 4.69) is 220 Å². The molecular formula is C94H126N6O15. The van der Waals surface area contributed by atoms with Crippen LogP contribution in [0.5, 0.6) is 17.2 Å². The number of anilines is 6. The largest absolute Gasteiger partial charge is 0.497 e. The first-order valence-corrected chi connectivity index (χ1v) is 37.8. The quantitative estimate of drug-likeness (QED) is 0.0135. The summed E-state index contributed by atoms with van der Waals surface area (Å²) in [5, 5.41) is 0. The molecule has 0 bridgehead atoms. The number of unbranched alkanes of at least 4 members (excludes halogenated alkanes) is 5. The Hall–Kier alpha value is -12.3. The van der Waals surface area contributed by atoms with Gasteiger partial charge in [-0.3, -0.25) is 0 Å². The molecule has 0 N–H and O–H groups in total. The maximum Gasteiger partial charge on any atom is 0.384 e. The summed E-state index contributed by atoms with van der Waals surface area (Å²) in [6, 6.07) is 50.0. The lowest BCUT2D eigenvalue weighted by atomic mass is 10.2. The second kappa shape index (κ2) is 67.4. The summed E-state index contributed by atoms with van der Waals surface area (Å²) in [5.41, 5.74) is 8.97. The van der Waals surface area contributed by atoms with Crippen LogP contribution in [0, 0.1) is 84.9 Å². The van der Waals surface area contributed by atoms with Crippen molar-refractivity contribution in [2.45, 2.75) is 128 Å². The molecule has 0 spiro atoms. The summed E-state index contributed by atoms with van der Waals surface area (Å²) in [5.74, 6) is 31.1. The minimum Gasteiger partial charge on any atom is -0.497 e. The standard InChI is InChI=1S/C17H23NO3.2C16H21NO2.C15H19NO3.C14H17NO3.C14H17NO2.2CH4/c1-4-5-6-12-18(13-8-11-17(19)21-3)15-9-7-10-16(14-15)20-2;1-4-5-11-17(12-7-10-16(18)19-3)15-9-6-8-14(2)13-15;1-3-4-8-13-17(14-9-12-16(18)19-2)15-10-6-5-7-11-15;1-4-11-16(12-5-6-15(17)19-3)13-7-9-14(18-2)10-8-13;1-4-15(11-5-6-14(16)18-3)12-7-9-13(17-2)10-8-12;1-4-15(10-6-9-14(16)17-3)13-8-5-7-12(2)11-13;;/h7,9-10,14H,4-6,12-13H2,1-3H3;6,8-9,13H,4-5,11-12H2,1-3H3;5-7,10-11H,3-4,8,13-14H2,1-2H3;7-10H,4,11-12H2,1-3H3;7-10H,4,11H2,1-3H3;5,7-8,11H,4,10H2,1-3H3;2*1H4. The summed E-state index contributed by atoms with van der Waals surface area (Å²) >= 11 is 0. The van der Waals surface area contributed by atoms with E-state index in [9.17, 15) is 28.8 Å². The molecule has 622 valence electrons. The van der Waals surface area contributed by atoms with Crippen LogP contribution in [0.25, 0.3) is 0 Å². The van der Waals surface area contributed by atoms with E-state index in [-0.39, 0.29) is 14.9 Å². The maximum absolute atomic E-state index is 11.1. The molecule has 6 aromatic carbocycles. The highest BCUT2D eigenvalue weighted by molar-refractivity contribution is 5.90. The number of carbonyl (C=O) groups excluding carboxylic acids is 6. The molecule has 21 nitrogen and oxygen atoms in total. The van der Waals surface area contributed by atoms with E-state index in [1.807, 2.05) is 116 Å². The van der Waals surface area contributed by atoms with Gasteiger partial charge in [-0.2, -0.15) is 0 Å². The summed E-state index contributed by atoms with van der Waals surface area (Å²) in [6.07, 6.45) is 10.2. The third kappa shape index (κ3) is 48.3. The highest BCUT2D eigenvalue weighted by atomic mass is 16.5. The molecule has 21 heteroatoms. The van der Waals surface area contributed by atoms with E-state index in [0.29, 0.717) is 39.3 Å². The predicted octanol–water partition coefficient (Wildman–Crippen LogP) is 15.6. The average Bonchev–Trinajstić information content (AvgIpc) is 0.894. The normalized spacial score (nSPS) is 9.12. The molecule has 0 atom stereocenters. The average molecular weight is 1580 g/mol. The molecular weight excluding hydrogens is 1450 g/mol. The van der Waals surface area contributed by atoms with E-state index < -0.39 is 35.8 Å². The summed E-state index contributed by atoms with van der Waals surface area (Å²) < 4.78 is 42.4. The molecule has 0 heterocycles. The van der Waals surface area contributed by atoms with Gasteiger partial charge in [0.25, 0.3) is 0 Å². The van der Waals surface area contributed by atoms with Gasteiger partial charge in [-0.15, -0.1) is 0 Å². The molecule has 0 unspecified atom stereocenters. The molecule has 0 aliphatic carbocycles. The maximum atomic E-state index is 11.1. The Morgan fingerprint density at radius 2 is 0.539 bits per heavy atom. The second-order valence-corrected chi connectivity index (χ2v) is 24.4. The van der Waals surface area contributed by atoms with Gasteiger partial charge in [0.1, 0.15) is 17.2 Å². The molecule has 0 aromatic heterocycles. The van der Waals surface area contributed by atoms with E-state index in [1.165, 1.54) is 79.5 Å². The number of rotatable bonds is 30. The van der Waals surface area contributed by atoms with Gasteiger partial charge in [0.2, 0.25) is 0 Å². The summed E-state index contributed by atoms with van der Waals surface area (Å²) in [7, 11) is 12.9. The van der Waals surface area contributed by atoms with Crippen LogP contribution in [0.2, 0.25) is 0 Å². The van der Waals surface area contributed by atoms with Gasteiger partial charge in [0.15, 0.2) is 0 Å².